The van der Waals surface area contributed by atoms with E-state index in [-0.39, 0.29) is 0 Å². The lowest BCUT2D eigenvalue weighted by molar-refractivity contribution is 0.670. The lowest BCUT2D eigenvalue weighted by Gasteiger charge is -2.26. The summed E-state index contributed by atoms with van der Waals surface area (Å²) in [5, 5.41) is 4.42. The molecule has 0 N–H and O–H groups in total. The van der Waals surface area contributed by atoms with Gasteiger partial charge in [-0.1, -0.05) is 176 Å². The van der Waals surface area contributed by atoms with E-state index in [9.17, 15) is 0 Å². The second-order valence-corrected chi connectivity index (χ2v) is 14.5. The molecule has 0 aliphatic carbocycles. The summed E-state index contributed by atoms with van der Waals surface area (Å²) in [4.78, 5) is 2.31. The standard InChI is InChI=1S/C54H35NO2/c1-3-12-36(13-4-1)37-24-26-38(27-25-37)39-28-32-42(33-29-39)55(43-34-30-41(31-35-43)45-18-9-19-47-46-16-7-8-23-51(46)56-52(45)47)50-22-11-21-49-48-20-10-17-44(53(48)57-54(49)50)40-14-5-2-6-15-40/h1-35H. The lowest BCUT2D eigenvalue weighted by atomic mass is 9.99. The van der Waals surface area contributed by atoms with Gasteiger partial charge in [-0.3, -0.25) is 0 Å². The van der Waals surface area contributed by atoms with Gasteiger partial charge in [0, 0.05) is 44.0 Å². The number of rotatable bonds is 7. The largest absolute Gasteiger partial charge is 0.455 e. The summed E-state index contributed by atoms with van der Waals surface area (Å²) < 4.78 is 13.4. The van der Waals surface area contributed by atoms with E-state index in [4.69, 9.17) is 8.83 Å². The van der Waals surface area contributed by atoms with Gasteiger partial charge in [0.15, 0.2) is 5.58 Å². The van der Waals surface area contributed by atoms with E-state index >= 15 is 0 Å². The number of hydrogen-bond donors (Lipinski definition) is 0. The summed E-state index contributed by atoms with van der Waals surface area (Å²) in [6.07, 6.45) is 0. The van der Waals surface area contributed by atoms with Crippen molar-refractivity contribution in [3.05, 3.63) is 212 Å². The summed E-state index contributed by atoms with van der Waals surface area (Å²) >= 11 is 0. The van der Waals surface area contributed by atoms with E-state index in [1.165, 1.54) is 16.7 Å². The van der Waals surface area contributed by atoms with E-state index in [2.05, 4.69) is 199 Å². The van der Waals surface area contributed by atoms with Crippen LogP contribution < -0.4 is 4.90 Å². The van der Waals surface area contributed by atoms with Gasteiger partial charge in [0.05, 0.1) is 5.69 Å². The molecule has 0 saturated heterocycles. The number of fused-ring (bicyclic) bond motifs is 6. The van der Waals surface area contributed by atoms with Crippen molar-refractivity contribution in [3.63, 3.8) is 0 Å². The summed E-state index contributed by atoms with van der Waals surface area (Å²) in [5.74, 6) is 0. The normalized spacial score (nSPS) is 11.5. The predicted molar refractivity (Wildman–Crippen MR) is 237 cm³/mol. The Balaban J connectivity index is 1.04. The Labute approximate surface area is 330 Å². The number of furan rings is 2. The van der Waals surface area contributed by atoms with Crippen molar-refractivity contribution in [3.8, 4) is 44.5 Å². The molecule has 0 aliphatic heterocycles. The van der Waals surface area contributed by atoms with Gasteiger partial charge in [-0.05, 0) is 69.8 Å². The van der Waals surface area contributed by atoms with E-state index in [1.54, 1.807) is 0 Å². The molecule has 3 nitrogen and oxygen atoms in total. The van der Waals surface area contributed by atoms with Gasteiger partial charge in [0.1, 0.15) is 16.7 Å². The molecule has 0 aliphatic rings. The van der Waals surface area contributed by atoms with Crippen LogP contribution in [0.15, 0.2) is 221 Å². The maximum absolute atomic E-state index is 6.95. The smallest absolute Gasteiger partial charge is 0.159 e. The molecular weight excluding hydrogens is 695 g/mol. The molecule has 3 heteroatoms. The van der Waals surface area contributed by atoms with E-state index in [1.807, 2.05) is 18.2 Å². The molecule has 11 rings (SSSR count). The summed E-state index contributed by atoms with van der Waals surface area (Å²) in [6.45, 7) is 0. The van der Waals surface area contributed by atoms with Gasteiger partial charge in [-0.15, -0.1) is 0 Å². The molecule has 2 aromatic heterocycles. The van der Waals surface area contributed by atoms with Crippen LogP contribution in [-0.4, -0.2) is 0 Å². The molecule has 0 bridgehead atoms. The quantitative estimate of drug-likeness (QED) is 0.164. The highest BCUT2D eigenvalue weighted by atomic mass is 16.3. The van der Waals surface area contributed by atoms with E-state index in [0.29, 0.717) is 0 Å². The molecule has 57 heavy (non-hydrogen) atoms. The summed E-state index contributed by atoms with van der Waals surface area (Å²) in [6, 6.07) is 74.9. The molecule has 0 radical (unpaired) electrons. The summed E-state index contributed by atoms with van der Waals surface area (Å²) in [7, 11) is 0. The third-order valence-corrected chi connectivity index (χ3v) is 11.1. The van der Waals surface area contributed by atoms with Crippen molar-refractivity contribution in [2.45, 2.75) is 0 Å². The third kappa shape index (κ3) is 5.68. The van der Waals surface area contributed by atoms with Gasteiger partial charge in [0.25, 0.3) is 0 Å². The fourth-order valence-corrected chi connectivity index (χ4v) is 8.31. The molecule has 0 fully saturated rings. The molecule has 0 saturated carbocycles. The number of benzene rings is 9. The highest BCUT2D eigenvalue weighted by Crippen LogP contribution is 2.45. The predicted octanol–water partition coefficient (Wildman–Crippen LogP) is 15.6. The fraction of sp³-hybridized carbons (Fsp3) is 0. The topological polar surface area (TPSA) is 29.5 Å². The third-order valence-electron chi connectivity index (χ3n) is 11.1. The van der Waals surface area contributed by atoms with Crippen LogP contribution in [0.3, 0.4) is 0 Å². The minimum atomic E-state index is 0.840. The molecule has 11 aromatic rings. The first-order chi connectivity index (χ1) is 28.3. The van der Waals surface area contributed by atoms with Crippen LogP contribution in [0.5, 0.6) is 0 Å². The Bertz CT molecular complexity index is 3200. The van der Waals surface area contributed by atoms with Gasteiger partial charge in [0.2, 0.25) is 0 Å². The van der Waals surface area contributed by atoms with Crippen LogP contribution in [0.25, 0.3) is 88.4 Å². The van der Waals surface area contributed by atoms with Gasteiger partial charge >= 0.3 is 0 Å². The zero-order valence-electron chi connectivity index (χ0n) is 31.0. The van der Waals surface area contributed by atoms with Gasteiger partial charge in [-0.25, -0.2) is 0 Å². The second kappa shape index (κ2) is 13.6. The molecule has 2 heterocycles. The van der Waals surface area contributed by atoms with Crippen molar-refractivity contribution < 1.29 is 8.83 Å². The zero-order valence-corrected chi connectivity index (χ0v) is 31.0. The first-order valence-corrected chi connectivity index (χ1v) is 19.3. The van der Waals surface area contributed by atoms with Crippen LogP contribution in [0.1, 0.15) is 0 Å². The van der Waals surface area contributed by atoms with E-state index < -0.39 is 0 Å². The monoisotopic (exact) mass is 729 g/mol. The first kappa shape index (κ1) is 32.8. The zero-order chi connectivity index (χ0) is 37.7. The number of anilines is 3. The van der Waals surface area contributed by atoms with E-state index in [0.717, 1.165) is 88.8 Å². The van der Waals surface area contributed by atoms with Crippen molar-refractivity contribution in [2.24, 2.45) is 0 Å². The molecule has 0 spiro atoms. The molecule has 9 aromatic carbocycles. The van der Waals surface area contributed by atoms with Gasteiger partial charge < -0.3 is 13.7 Å². The van der Waals surface area contributed by atoms with Crippen molar-refractivity contribution >= 4 is 60.9 Å². The van der Waals surface area contributed by atoms with Crippen molar-refractivity contribution in [1.82, 2.24) is 0 Å². The SMILES string of the molecule is c1ccc(-c2ccc(-c3ccc(N(c4ccc(-c5cccc6c5oc5ccccc56)cc4)c4cccc5c4oc4c(-c6ccccc6)cccc45)cc3)cc2)cc1. The number of hydrogen-bond acceptors (Lipinski definition) is 3. The second-order valence-electron chi connectivity index (χ2n) is 14.5. The minimum absolute atomic E-state index is 0.840. The summed E-state index contributed by atoms with van der Waals surface area (Å²) in [5.41, 5.74) is 15.6. The highest BCUT2D eigenvalue weighted by Gasteiger charge is 2.21. The van der Waals surface area contributed by atoms with Gasteiger partial charge in [-0.2, -0.15) is 0 Å². The molecule has 0 amide bonds. The molecule has 268 valence electrons. The molecular formula is C54H35NO2. The Kier molecular flexibility index (Phi) is 7.82. The van der Waals surface area contributed by atoms with Crippen LogP contribution >= 0.6 is 0 Å². The average molecular weight is 730 g/mol. The Morgan fingerprint density at radius 2 is 0.667 bits per heavy atom. The minimum Gasteiger partial charge on any atom is -0.455 e. The Hall–Kier alpha value is -7.62. The Morgan fingerprint density at radius 1 is 0.263 bits per heavy atom. The first-order valence-electron chi connectivity index (χ1n) is 19.3. The van der Waals surface area contributed by atoms with Crippen molar-refractivity contribution in [1.29, 1.82) is 0 Å². The maximum atomic E-state index is 6.95. The van der Waals surface area contributed by atoms with Crippen LogP contribution in [-0.2, 0) is 0 Å². The van der Waals surface area contributed by atoms with Crippen LogP contribution in [0, 0.1) is 0 Å². The average Bonchev–Trinajstić information content (AvgIpc) is 3.87. The lowest BCUT2D eigenvalue weighted by Crippen LogP contribution is -2.10. The van der Waals surface area contributed by atoms with Crippen LogP contribution in [0.2, 0.25) is 0 Å². The maximum Gasteiger partial charge on any atom is 0.159 e. The van der Waals surface area contributed by atoms with Crippen LogP contribution in [0.4, 0.5) is 17.1 Å². The number of para-hydroxylation sites is 4. The van der Waals surface area contributed by atoms with Crippen molar-refractivity contribution in [2.75, 3.05) is 4.90 Å². The Morgan fingerprint density at radius 3 is 1.28 bits per heavy atom. The molecule has 0 unspecified atom stereocenters. The fourth-order valence-electron chi connectivity index (χ4n) is 8.31. The highest BCUT2D eigenvalue weighted by molar-refractivity contribution is 6.14. The number of nitrogens with zero attached hydrogens (tertiary/aromatic N) is 1. The molecule has 0 atom stereocenters.